The van der Waals surface area contributed by atoms with Crippen LogP contribution in [0.15, 0.2) is 82.1 Å². The van der Waals surface area contributed by atoms with E-state index in [1.807, 2.05) is 51.1 Å². The summed E-state index contributed by atoms with van der Waals surface area (Å²) in [5.41, 5.74) is 3.02. The van der Waals surface area contributed by atoms with E-state index in [0.717, 1.165) is 11.1 Å². The molecule has 1 amide bonds. The number of aliphatic hydroxyl groups is 1. The number of ketones is 1. The van der Waals surface area contributed by atoms with Gasteiger partial charge in [-0.05, 0) is 85.7 Å². The molecule has 0 aliphatic carbocycles. The summed E-state index contributed by atoms with van der Waals surface area (Å²) >= 11 is 0. The van der Waals surface area contributed by atoms with Gasteiger partial charge in [0.25, 0.3) is 5.91 Å². The number of methoxy groups -OCH3 is 1. The molecule has 0 saturated heterocycles. The van der Waals surface area contributed by atoms with Gasteiger partial charge in [0.1, 0.15) is 17.2 Å². The molecule has 11 heteroatoms. The van der Waals surface area contributed by atoms with E-state index in [1.165, 1.54) is 28.4 Å². The van der Waals surface area contributed by atoms with Crippen molar-refractivity contribution in [1.82, 2.24) is 14.2 Å². The van der Waals surface area contributed by atoms with Crippen LogP contribution in [0.25, 0.3) is 0 Å². The molecular weight excluding hydrogens is 642 g/mol. The molecule has 0 aliphatic heterocycles. The predicted octanol–water partition coefficient (Wildman–Crippen LogP) is 6.02. The summed E-state index contributed by atoms with van der Waals surface area (Å²) < 4.78 is 39.6. The van der Waals surface area contributed by atoms with Crippen LogP contribution in [0.3, 0.4) is 0 Å². The number of aromatic nitrogens is 1. The normalized spacial score (nSPS) is 13.0. The Morgan fingerprint density at radius 1 is 0.939 bits per heavy atom. The minimum absolute atomic E-state index is 0.0203. The quantitative estimate of drug-likeness (QED) is 0.141. The van der Waals surface area contributed by atoms with Crippen LogP contribution in [0.5, 0.6) is 5.75 Å². The van der Waals surface area contributed by atoms with Crippen LogP contribution in [-0.4, -0.2) is 72.8 Å². The third-order valence-corrected chi connectivity index (χ3v) is 10.2. The summed E-state index contributed by atoms with van der Waals surface area (Å²) in [6.07, 6.45) is -0.872. The average Bonchev–Trinajstić information content (AvgIpc) is 3.38. The molecule has 0 spiro atoms. The minimum atomic E-state index is -3.98. The van der Waals surface area contributed by atoms with Crippen LogP contribution in [0.1, 0.15) is 69.5 Å². The van der Waals surface area contributed by atoms with Crippen molar-refractivity contribution in [2.75, 3.05) is 27.2 Å². The molecule has 0 fully saturated rings. The highest BCUT2D eigenvalue weighted by Gasteiger charge is 2.32. The molecule has 0 bridgehead atoms. The van der Waals surface area contributed by atoms with Gasteiger partial charge in [-0.2, -0.15) is 4.31 Å². The first-order chi connectivity index (χ1) is 23.2. The maximum atomic E-state index is 13.9. The first-order valence-electron chi connectivity index (χ1n) is 16.4. The molecule has 2 atom stereocenters. The average molecular weight is 690 g/mol. The maximum absolute atomic E-state index is 13.9. The lowest BCUT2D eigenvalue weighted by Gasteiger charge is -2.30. The second kappa shape index (κ2) is 16.4. The standard InChI is InChI=1S/C38H47N3O7S/c1-25(2)22-41(49(45,46)34-15-13-33(47-7)14-16-34)24-37(43)31(19-29-11-9-8-10-12-29)21-36(42)30-17-26(3)18-32(20-30)38(44)40(6)23-35-27(4)48-28(5)39-35/h8-18,20,25,31,37,43H,19,21-24H2,1-7H3/t31-,37-/m1/s1. The van der Waals surface area contributed by atoms with E-state index in [0.29, 0.717) is 40.6 Å². The SMILES string of the molecule is COc1ccc(S(=O)(=O)N(CC(C)C)C[C@@H](O)[C@@H](CC(=O)c2cc(C)cc(C(=O)N(C)Cc3nc(C)oc3C)c2)Cc2ccccc2)cc1. The molecular formula is C38H47N3O7S. The van der Waals surface area contributed by atoms with Crippen molar-refractivity contribution in [2.45, 2.75) is 65.0 Å². The van der Waals surface area contributed by atoms with Crippen molar-refractivity contribution in [1.29, 1.82) is 0 Å². The summed E-state index contributed by atoms with van der Waals surface area (Å²) in [7, 11) is -0.795. The van der Waals surface area contributed by atoms with Gasteiger partial charge in [0.2, 0.25) is 10.0 Å². The van der Waals surface area contributed by atoms with Crippen molar-refractivity contribution in [3.63, 3.8) is 0 Å². The van der Waals surface area contributed by atoms with Gasteiger partial charge >= 0.3 is 0 Å². The van der Waals surface area contributed by atoms with Crippen molar-refractivity contribution in [3.8, 4) is 5.75 Å². The lowest BCUT2D eigenvalue weighted by Crippen LogP contribution is -2.43. The first-order valence-corrected chi connectivity index (χ1v) is 17.8. The summed E-state index contributed by atoms with van der Waals surface area (Å²) in [5.74, 6) is 0.537. The number of Topliss-reactive ketones (excluding diaryl/α,β-unsaturated/α-hetero) is 1. The Balaban J connectivity index is 1.59. The molecule has 1 heterocycles. The predicted molar refractivity (Wildman–Crippen MR) is 188 cm³/mol. The molecule has 4 rings (SSSR count). The summed E-state index contributed by atoms with van der Waals surface area (Å²) in [6.45, 7) is 9.43. The molecule has 0 saturated carbocycles. The minimum Gasteiger partial charge on any atom is -0.497 e. The van der Waals surface area contributed by atoms with Crippen molar-refractivity contribution in [3.05, 3.63) is 112 Å². The van der Waals surface area contributed by atoms with Crippen LogP contribution in [0.2, 0.25) is 0 Å². The van der Waals surface area contributed by atoms with E-state index in [9.17, 15) is 23.1 Å². The van der Waals surface area contributed by atoms with Crippen LogP contribution in [0.4, 0.5) is 0 Å². The number of carbonyl (C=O) groups excluding carboxylic acids is 2. The summed E-state index contributed by atoms with van der Waals surface area (Å²) in [4.78, 5) is 33.4. The molecule has 49 heavy (non-hydrogen) atoms. The number of carbonyl (C=O) groups is 2. The Labute approximate surface area is 289 Å². The van der Waals surface area contributed by atoms with E-state index in [1.54, 1.807) is 51.2 Å². The fraction of sp³-hybridized carbons (Fsp3) is 0.395. The highest BCUT2D eigenvalue weighted by molar-refractivity contribution is 7.89. The van der Waals surface area contributed by atoms with E-state index >= 15 is 0 Å². The molecule has 262 valence electrons. The number of hydrogen-bond donors (Lipinski definition) is 1. The fourth-order valence-electron chi connectivity index (χ4n) is 5.85. The van der Waals surface area contributed by atoms with Gasteiger partial charge in [0.15, 0.2) is 11.7 Å². The smallest absolute Gasteiger partial charge is 0.253 e. The number of aryl methyl sites for hydroxylation is 3. The Morgan fingerprint density at radius 2 is 1.59 bits per heavy atom. The molecule has 1 N–H and O–H groups in total. The third kappa shape index (κ3) is 9.87. The second-order valence-corrected chi connectivity index (χ2v) is 15.0. The molecule has 3 aromatic carbocycles. The number of hydrogen-bond acceptors (Lipinski definition) is 8. The van der Waals surface area contributed by atoms with E-state index in [4.69, 9.17) is 9.15 Å². The summed E-state index contributed by atoms with van der Waals surface area (Å²) in [6, 6.07) is 20.7. The zero-order valence-electron chi connectivity index (χ0n) is 29.3. The number of ether oxygens (including phenoxy) is 1. The Kier molecular flexibility index (Phi) is 12.5. The second-order valence-electron chi connectivity index (χ2n) is 13.0. The molecule has 1 aromatic heterocycles. The Hall–Kier alpha value is -4.32. The highest BCUT2D eigenvalue weighted by atomic mass is 32.2. The lowest BCUT2D eigenvalue weighted by atomic mass is 9.87. The fourth-order valence-corrected chi connectivity index (χ4v) is 7.47. The molecule has 0 radical (unpaired) electrons. The summed E-state index contributed by atoms with van der Waals surface area (Å²) in [5, 5.41) is 11.7. The first kappa shape index (κ1) is 37.5. The Bertz CT molecular complexity index is 1840. The number of rotatable bonds is 16. The van der Waals surface area contributed by atoms with Crippen LogP contribution in [-0.2, 0) is 23.0 Å². The lowest BCUT2D eigenvalue weighted by molar-refractivity contribution is 0.0689. The van der Waals surface area contributed by atoms with Crippen molar-refractivity contribution >= 4 is 21.7 Å². The van der Waals surface area contributed by atoms with Crippen LogP contribution < -0.4 is 4.74 Å². The highest BCUT2D eigenvalue weighted by Crippen LogP contribution is 2.26. The topological polar surface area (TPSA) is 130 Å². The van der Waals surface area contributed by atoms with Gasteiger partial charge in [0.05, 0.1) is 24.7 Å². The van der Waals surface area contributed by atoms with Gasteiger partial charge in [-0.3, -0.25) is 9.59 Å². The number of aliphatic hydroxyl groups excluding tert-OH is 1. The van der Waals surface area contributed by atoms with Gasteiger partial charge in [-0.25, -0.2) is 13.4 Å². The van der Waals surface area contributed by atoms with Crippen LogP contribution >= 0.6 is 0 Å². The van der Waals surface area contributed by atoms with Gasteiger partial charge in [-0.1, -0.05) is 44.2 Å². The molecule has 10 nitrogen and oxygen atoms in total. The Morgan fingerprint density at radius 3 is 2.18 bits per heavy atom. The zero-order chi connectivity index (χ0) is 35.9. The van der Waals surface area contributed by atoms with E-state index in [-0.39, 0.29) is 48.6 Å². The van der Waals surface area contributed by atoms with Crippen LogP contribution in [0, 0.1) is 32.6 Å². The maximum Gasteiger partial charge on any atom is 0.253 e. The van der Waals surface area contributed by atoms with E-state index in [2.05, 4.69) is 4.98 Å². The molecule has 0 aliphatic rings. The number of sulfonamides is 1. The zero-order valence-corrected chi connectivity index (χ0v) is 30.2. The van der Waals surface area contributed by atoms with E-state index < -0.39 is 22.0 Å². The largest absolute Gasteiger partial charge is 0.497 e. The molecule has 0 unspecified atom stereocenters. The number of oxazole rings is 1. The number of nitrogens with zero attached hydrogens (tertiary/aromatic N) is 3. The third-order valence-electron chi connectivity index (χ3n) is 8.37. The van der Waals surface area contributed by atoms with Gasteiger partial charge in [0, 0.05) is 44.6 Å². The van der Waals surface area contributed by atoms with Crippen molar-refractivity contribution in [2.24, 2.45) is 11.8 Å². The molecule has 4 aromatic rings. The number of amides is 1. The van der Waals surface area contributed by atoms with Gasteiger partial charge < -0.3 is 19.2 Å². The monoisotopic (exact) mass is 689 g/mol. The van der Waals surface area contributed by atoms with Gasteiger partial charge in [-0.15, -0.1) is 0 Å². The van der Waals surface area contributed by atoms with Crippen molar-refractivity contribution < 1.29 is 32.3 Å². The number of benzene rings is 3.